The highest BCUT2D eigenvalue weighted by Gasteiger charge is 2.49. The van der Waals surface area contributed by atoms with Gasteiger partial charge < -0.3 is 14.4 Å². The van der Waals surface area contributed by atoms with Crippen LogP contribution in [-0.2, 0) is 9.47 Å². The molecule has 0 saturated carbocycles. The van der Waals surface area contributed by atoms with Crippen molar-refractivity contribution in [2.45, 2.75) is 38.1 Å². The van der Waals surface area contributed by atoms with Gasteiger partial charge in [0, 0.05) is 29.6 Å². The largest absolute Gasteiger partial charge is 0.375 e. The summed E-state index contributed by atoms with van der Waals surface area (Å²) in [5.41, 5.74) is 1.82. The van der Waals surface area contributed by atoms with E-state index in [0.717, 1.165) is 22.2 Å². The third-order valence-electron chi connectivity index (χ3n) is 5.24. The predicted octanol–water partition coefficient (Wildman–Crippen LogP) is 3.25. The SMILES string of the molecule is C[C@@H]1CN(C(=O)c2cc(-c3ccc(Br)cc3)n[nH]2)C[C@@]2(CCO[C@H]2C)O1. The van der Waals surface area contributed by atoms with Crippen molar-refractivity contribution >= 4 is 21.8 Å². The standard InChI is InChI=1S/C19H22BrN3O3/c1-12-10-23(11-19(26-12)7-8-25-13(19)2)18(24)17-9-16(21-22-17)14-3-5-15(20)6-4-14/h3-6,9,12-13H,7-8,10-11H2,1-2H3,(H,21,22)/t12-,13+,19-/m1/s1. The van der Waals surface area contributed by atoms with Gasteiger partial charge in [-0.05, 0) is 32.0 Å². The molecular formula is C19H22BrN3O3. The molecular weight excluding hydrogens is 398 g/mol. The van der Waals surface area contributed by atoms with Crippen LogP contribution >= 0.6 is 15.9 Å². The number of morpholine rings is 1. The number of carbonyl (C=O) groups excluding carboxylic acids is 1. The van der Waals surface area contributed by atoms with Crippen molar-refractivity contribution in [3.8, 4) is 11.3 Å². The van der Waals surface area contributed by atoms with Crippen LogP contribution in [0.15, 0.2) is 34.8 Å². The molecule has 2 aliphatic rings. The number of halogens is 1. The van der Waals surface area contributed by atoms with Crippen LogP contribution < -0.4 is 0 Å². The quantitative estimate of drug-likeness (QED) is 0.810. The van der Waals surface area contributed by atoms with Crippen LogP contribution in [0.2, 0.25) is 0 Å². The van der Waals surface area contributed by atoms with Gasteiger partial charge in [0.1, 0.15) is 11.3 Å². The fourth-order valence-corrected chi connectivity index (χ4v) is 4.09. The van der Waals surface area contributed by atoms with Gasteiger partial charge >= 0.3 is 0 Å². The van der Waals surface area contributed by atoms with Gasteiger partial charge in [-0.2, -0.15) is 5.10 Å². The summed E-state index contributed by atoms with van der Waals surface area (Å²) in [7, 11) is 0. The highest BCUT2D eigenvalue weighted by molar-refractivity contribution is 9.10. The molecule has 1 N–H and O–H groups in total. The van der Waals surface area contributed by atoms with Crippen LogP contribution in [0.1, 0.15) is 30.8 Å². The minimum Gasteiger partial charge on any atom is -0.375 e. The van der Waals surface area contributed by atoms with Gasteiger partial charge in [-0.3, -0.25) is 9.89 Å². The van der Waals surface area contributed by atoms with Gasteiger partial charge in [0.15, 0.2) is 0 Å². The molecule has 0 aliphatic carbocycles. The highest BCUT2D eigenvalue weighted by Crippen LogP contribution is 2.35. The van der Waals surface area contributed by atoms with E-state index in [2.05, 4.69) is 26.1 Å². The Morgan fingerprint density at radius 1 is 1.35 bits per heavy atom. The number of nitrogens with zero attached hydrogens (tertiary/aromatic N) is 2. The molecule has 4 rings (SSSR count). The first kappa shape index (κ1) is 17.7. The molecule has 0 radical (unpaired) electrons. The molecule has 2 saturated heterocycles. The van der Waals surface area contributed by atoms with Crippen molar-refractivity contribution in [1.29, 1.82) is 0 Å². The maximum atomic E-state index is 13.0. The summed E-state index contributed by atoms with van der Waals surface area (Å²) in [6, 6.07) is 9.67. The van der Waals surface area contributed by atoms with Crippen molar-refractivity contribution in [3.63, 3.8) is 0 Å². The van der Waals surface area contributed by atoms with Crippen molar-refractivity contribution in [2.75, 3.05) is 19.7 Å². The molecule has 1 spiro atoms. The number of aromatic amines is 1. The molecule has 138 valence electrons. The molecule has 7 heteroatoms. The average molecular weight is 420 g/mol. The second-order valence-electron chi connectivity index (χ2n) is 7.12. The van der Waals surface area contributed by atoms with Crippen LogP contribution in [0, 0.1) is 0 Å². The first-order valence-electron chi connectivity index (χ1n) is 8.87. The second kappa shape index (κ2) is 6.79. The number of hydrogen-bond acceptors (Lipinski definition) is 4. The Morgan fingerprint density at radius 3 is 2.81 bits per heavy atom. The first-order valence-corrected chi connectivity index (χ1v) is 9.66. The Kier molecular flexibility index (Phi) is 4.62. The maximum Gasteiger partial charge on any atom is 0.272 e. The summed E-state index contributed by atoms with van der Waals surface area (Å²) >= 11 is 3.43. The zero-order valence-electron chi connectivity index (χ0n) is 14.9. The lowest BCUT2D eigenvalue weighted by Crippen LogP contribution is -2.59. The monoisotopic (exact) mass is 419 g/mol. The lowest BCUT2D eigenvalue weighted by Gasteiger charge is -2.44. The molecule has 26 heavy (non-hydrogen) atoms. The molecule has 1 aromatic heterocycles. The van der Waals surface area contributed by atoms with Gasteiger partial charge in [-0.25, -0.2) is 0 Å². The number of nitrogens with one attached hydrogen (secondary N) is 1. The van der Waals surface area contributed by atoms with E-state index in [9.17, 15) is 4.79 Å². The summed E-state index contributed by atoms with van der Waals surface area (Å²) < 4.78 is 12.9. The lowest BCUT2D eigenvalue weighted by molar-refractivity contribution is -0.160. The highest BCUT2D eigenvalue weighted by atomic mass is 79.9. The summed E-state index contributed by atoms with van der Waals surface area (Å²) in [4.78, 5) is 14.9. The zero-order chi connectivity index (χ0) is 18.3. The topological polar surface area (TPSA) is 67.5 Å². The Bertz CT molecular complexity index is 807. The molecule has 0 unspecified atom stereocenters. The van der Waals surface area contributed by atoms with E-state index in [1.807, 2.05) is 49.1 Å². The van der Waals surface area contributed by atoms with Crippen LogP contribution in [0.5, 0.6) is 0 Å². The third-order valence-corrected chi connectivity index (χ3v) is 5.77. The minimum atomic E-state index is -0.401. The van der Waals surface area contributed by atoms with Crippen molar-refractivity contribution in [1.82, 2.24) is 15.1 Å². The molecule has 6 nitrogen and oxygen atoms in total. The minimum absolute atomic E-state index is 0.0133. The lowest BCUT2D eigenvalue weighted by atomic mass is 9.93. The molecule has 2 aliphatic heterocycles. The molecule has 2 fully saturated rings. The third kappa shape index (κ3) is 3.19. The van der Waals surface area contributed by atoms with E-state index in [1.54, 1.807) is 0 Å². The Labute approximate surface area is 161 Å². The van der Waals surface area contributed by atoms with E-state index < -0.39 is 5.60 Å². The van der Waals surface area contributed by atoms with E-state index in [1.165, 1.54) is 0 Å². The first-order chi connectivity index (χ1) is 12.5. The Hall–Kier alpha value is -1.70. The molecule has 3 atom stereocenters. The fraction of sp³-hybridized carbons (Fsp3) is 0.474. The van der Waals surface area contributed by atoms with Crippen LogP contribution in [0.25, 0.3) is 11.3 Å². The zero-order valence-corrected chi connectivity index (χ0v) is 16.5. The van der Waals surface area contributed by atoms with Gasteiger partial charge in [0.05, 0.1) is 24.4 Å². The number of carbonyl (C=O) groups is 1. The van der Waals surface area contributed by atoms with E-state index >= 15 is 0 Å². The predicted molar refractivity (Wildman–Crippen MR) is 101 cm³/mol. The van der Waals surface area contributed by atoms with E-state index in [0.29, 0.717) is 25.4 Å². The molecule has 1 aromatic carbocycles. The number of amides is 1. The number of rotatable bonds is 2. The van der Waals surface area contributed by atoms with Gasteiger partial charge in [-0.1, -0.05) is 28.1 Å². The number of H-pyrrole nitrogens is 1. The fourth-order valence-electron chi connectivity index (χ4n) is 3.82. The normalized spacial score (nSPS) is 28.7. The smallest absolute Gasteiger partial charge is 0.272 e. The van der Waals surface area contributed by atoms with Crippen LogP contribution in [-0.4, -0.2) is 58.5 Å². The van der Waals surface area contributed by atoms with Crippen LogP contribution in [0.3, 0.4) is 0 Å². The Balaban J connectivity index is 1.55. The van der Waals surface area contributed by atoms with Crippen molar-refractivity contribution in [2.24, 2.45) is 0 Å². The number of hydrogen-bond donors (Lipinski definition) is 1. The molecule has 0 bridgehead atoms. The molecule has 2 aromatic rings. The van der Waals surface area contributed by atoms with Crippen LogP contribution in [0.4, 0.5) is 0 Å². The maximum absolute atomic E-state index is 13.0. The summed E-state index contributed by atoms with van der Waals surface area (Å²) in [5.74, 6) is -0.0468. The number of benzene rings is 1. The van der Waals surface area contributed by atoms with Crippen molar-refractivity contribution in [3.05, 3.63) is 40.5 Å². The van der Waals surface area contributed by atoms with Gasteiger partial charge in [0.25, 0.3) is 5.91 Å². The van der Waals surface area contributed by atoms with Gasteiger partial charge in [0.2, 0.25) is 0 Å². The summed E-state index contributed by atoms with van der Waals surface area (Å²) in [6.45, 7) is 5.82. The molecule has 1 amide bonds. The number of ether oxygens (including phenoxy) is 2. The molecule has 3 heterocycles. The summed E-state index contributed by atoms with van der Waals surface area (Å²) in [6.07, 6.45) is 0.779. The van der Waals surface area contributed by atoms with Gasteiger partial charge in [-0.15, -0.1) is 0 Å². The Morgan fingerprint density at radius 2 is 2.12 bits per heavy atom. The van der Waals surface area contributed by atoms with E-state index in [4.69, 9.17) is 9.47 Å². The second-order valence-corrected chi connectivity index (χ2v) is 8.03. The average Bonchev–Trinajstić information content (AvgIpc) is 3.23. The number of aromatic nitrogens is 2. The van der Waals surface area contributed by atoms with Crippen molar-refractivity contribution < 1.29 is 14.3 Å². The summed E-state index contributed by atoms with van der Waals surface area (Å²) in [5, 5.41) is 7.21. The van der Waals surface area contributed by atoms with E-state index in [-0.39, 0.29) is 18.1 Å².